The molecule has 1 aliphatic rings. The molecule has 132 valence electrons. The SMILES string of the molecule is CCCCC1(O)CC(O)(CCCC)C1(CCCC)CCCC. The quantitative estimate of drug-likeness (QED) is 0.492. The standard InChI is InChI=1S/C20H40O2/c1-5-9-13-18(14-10-6-2)19(21,15-11-7-3)17-20(18,22)16-12-8-4/h21-22H,5-17H2,1-4H3. The topological polar surface area (TPSA) is 40.5 Å². The lowest BCUT2D eigenvalue weighted by molar-refractivity contribution is -0.314. The van der Waals surface area contributed by atoms with Crippen LogP contribution in [-0.2, 0) is 0 Å². The first-order valence-corrected chi connectivity index (χ1v) is 9.90. The largest absolute Gasteiger partial charge is 0.389 e. The van der Waals surface area contributed by atoms with Crippen LogP contribution in [0, 0.1) is 5.41 Å². The summed E-state index contributed by atoms with van der Waals surface area (Å²) in [5.41, 5.74) is -1.51. The summed E-state index contributed by atoms with van der Waals surface area (Å²) >= 11 is 0. The van der Waals surface area contributed by atoms with E-state index in [0.29, 0.717) is 6.42 Å². The van der Waals surface area contributed by atoms with Crippen LogP contribution in [0.1, 0.15) is 111 Å². The summed E-state index contributed by atoms with van der Waals surface area (Å²) in [6.45, 7) is 8.79. The Bertz CT molecular complexity index is 285. The van der Waals surface area contributed by atoms with E-state index in [0.717, 1.165) is 77.0 Å². The second kappa shape index (κ2) is 8.68. The lowest BCUT2D eigenvalue weighted by Gasteiger charge is -2.68. The minimum Gasteiger partial charge on any atom is -0.389 e. The van der Waals surface area contributed by atoms with E-state index in [4.69, 9.17) is 0 Å². The van der Waals surface area contributed by atoms with Crippen LogP contribution in [0.3, 0.4) is 0 Å². The fraction of sp³-hybridized carbons (Fsp3) is 1.00. The molecule has 0 saturated heterocycles. The van der Waals surface area contributed by atoms with Gasteiger partial charge < -0.3 is 10.2 Å². The maximum absolute atomic E-state index is 11.4. The zero-order valence-corrected chi connectivity index (χ0v) is 15.6. The molecule has 0 aromatic carbocycles. The molecule has 0 spiro atoms. The van der Waals surface area contributed by atoms with Crippen LogP contribution in [0.4, 0.5) is 0 Å². The number of unbranched alkanes of at least 4 members (excludes halogenated alkanes) is 4. The van der Waals surface area contributed by atoms with Gasteiger partial charge in [0.05, 0.1) is 11.2 Å². The van der Waals surface area contributed by atoms with E-state index in [9.17, 15) is 10.2 Å². The van der Waals surface area contributed by atoms with Crippen LogP contribution in [0.2, 0.25) is 0 Å². The first-order chi connectivity index (χ1) is 10.4. The molecule has 0 heterocycles. The normalized spacial score (nSPS) is 30.3. The number of hydrogen-bond donors (Lipinski definition) is 2. The van der Waals surface area contributed by atoms with E-state index in [2.05, 4.69) is 27.7 Å². The van der Waals surface area contributed by atoms with Gasteiger partial charge in [0, 0.05) is 11.8 Å². The smallest absolute Gasteiger partial charge is 0.0758 e. The predicted molar refractivity (Wildman–Crippen MR) is 95.0 cm³/mol. The summed E-state index contributed by atoms with van der Waals surface area (Å²) in [4.78, 5) is 0. The lowest BCUT2D eigenvalue weighted by Crippen LogP contribution is -2.74. The van der Waals surface area contributed by atoms with Gasteiger partial charge in [-0.2, -0.15) is 0 Å². The van der Waals surface area contributed by atoms with Crippen LogP contribution in [-0.4, -0.2) is 21.4 Å². The molecule has 0 aliphatic heterocycles. The fourth-order valence-electron chi connectivity index (χ4n) is 4.76. The van der Waals surface area contributed by atoms with Crippen molar-refractivity contribution in [3.05, 3.63) is 0 Å². The van der Waals surface area contributed by atoms with E-state index >= 15 is 0 Å². The Hall–Kier alpha value is -0.0800. The molecule has 1 saturated carbocycles. The molecular weight excluding hydrogens is 272 g/mol. The van der Waals surface area contributed by atoms with E-state index in [-0.39, 0.29) is 5.41 Å². The van der Waals surface area contributed by atoms with Crippen LogP contribution >= 0.6 is 0 Å². The van der Waals surface area contributed by atoms with Crippen molar-refractivity contribution in [2.45, 2.75) is 122 Å². The third-order valence-corrected chi connectivity index (χ3v) is 6.17. The van der Waals surface area contributed by atoms with Crippen molar-refractivity contribution in [3.8, 4) is 0 Å². The second-order valence-electron chi connectivity index (χ2n) is 7.74. The molecular formula is C20H40O2. The van der Waals surface area contributed by atoms with Gasteiger partial charge in [0.15, 0.2) is 0 Å². The van der Waals surface area contributed by atoms with Gasteiger partial charge in [0.25, 0.3) is 0 Å². The molecule has 1 rings (SSSR count). The first kappa shape index (κ1) is 20.0. The summed E-state index contributed by atoms with van der Waals surface area (Å²) in [5.74, 6) is 0. The molecule has 0 bridgehead atoms. The summed E-state index contributed by atoms with van der Waals surface area (Å²) in [6.07, 6.45) is 13.2. The molecule has 2 unspecified atom stereocenters. The van der Waals surface area contributed by atoms with Crippen molar-refractivity contribution in [2.75, 3.05) is 0 Å². The van der Waals surface area contributed by atoms with Crippen molar-refractivity contribution in [3.63, 3.8) is 0 Å². The van der Waals surface area contributed by atoms with Crippen LogP contribution < -0.4 is 0 Å². The Labute approximate surface area is 138 Å². The highest BCUT2D eigenvalue weighted by Crippen LogP contribution is 2.65. The first-order valence-electron chi connectivity index (χ1n) is 9.90. The van der Waals surface area contributed by atoms with Crippen LogP contribution in [0.15, 0.2) is 0 Å². The predicted octanol–water partition coefficient (Wildman–Crippen LogP) is 5.60. The Balaban J connectivity index is 3.02. The zero-order chi connectivity index (χ0) is 16.7. The van der Waals surface area contributed by atoms with Crippen molar-refractivity contribution < 1.29 is 10.2 Å². The molecule has 2 heteroatoms. The highest BCUT2D eigenvalue weighted by atomic mass is 16.3. The van der Waals surface area contributed by atoms with Gasteiger partial charge in [-0.1, -0.05) is 79.1 Å². The highest BCUT2D eigenvalue weighted by Gasteiger charge is 2.70. The minimum absolute atomic E-state index is 0.254. The molecule has 2 atom stereocenters. The van der Waals surface area contributed by atoms with Crippen LogP contribution in [0.5, 0.6) is 0 Å². The van der Waals surface area contributed by atoms with Gasteiger partial charge >= 0.3 is 0 Å². The van der Waals surface area contributed by atoms with E-state index in [1.54, 1.807) is 0 Å². The van der Waals surface area contributed by atoms with Crippen molar-refractivity contribution in [2.24, 2.45) is 5.41 Å². The second-order valence-corrected chi connectivity index (χ2v) is 7.74. The minimum atomic E-state index is -0.629. The molecule has 2 N–H and O–H groups in total. The van der Waals surface area contributed by atoms with E-state index in [1.165, 1.54) is 0 Å². The Kier molecular flexibility index (Phi) is 7.88. The fourth-order valence-corrected chi connectivity index (χ4v) is 4.76. The average molecular weight is 313 g/mol. The molecule has 22 heavy (non-hydrogen) atoms. The Morgan fingerprint density at radius 1 is 0.591 bits per heavy atom. The van der Waals surface area contributed by atoms with Gasteiger partial charge in [0.2, 0.25) is 0 Å². The van der Waals surface area contributed by atoms with Gasteiger partial charge in [-0.3, -0.25) is 0 Å². The van der Waals surface area contributed by atoms with Crippen molar-refractivity contribution in [1.82, 2.24) is 0 Å². The average Bonchev–Trinajstić information content (AvgIpc) is 2.50. The maximum atomic E-state index is 11.4. The van der Waals surface area contributed by atoms with E-state index in [1.807, 2.05) is 0 Å². The summed E-state index contributed by atoms with van der Waals surface area (Å²) in [6, 6.07) is 0. The molecule has 0 radical (unpaired) electrons. The maximum Gasteiger partial charge on any atom is 0.0758 e. The van der Waals surface area contributed by atoms with Gasteiger partial charge in [0.1, 0.15) is 0 Å². The van der Waals surface area contributed by atoms with Crippen molar-refractivity contribution in [1.29, 1.82) is 0 Å². The Morgan fingerprint density at radius 3 is 1.23 bits per heavy atom. The Morgan fingerprint density at radius 2 is 0.909 bits per heavy atom. The third-order valence-electron chi connectivity index (χ3n) is 6.17. The number of hydrogen-bond acceptors (Lipinski definition) is 2. The molecule has 0 aromatic heterocycles. The highest BCUT2D eigenvalue weighted by molar-refractivity contribution is 5.21. The van der Waals surface area contributed by atoms with Gasteiger partial charge in [-0.05, 0) is 25.7 Å². The molecule has 1 fully saturated rings. The molecule has 0 amide bonds. The van der Waals surface area contributed by atoms with Gasteiger partial charge in [-0.15, -0.1) is 0 Å². The number of aliphatic hydroxyl groups is 2. The monoisotopic (exact) mass is 312 g/mol. The molecule has 0 aromatic rings. The lowest BCUT2D eigenvalue weighted by atomic mass is 9.42. The van der Waals surface area contributed by atoms with E-state index < -0.39 is 11.2 Å². The van der Waals surface area contributed by atoms with Crippen LogP contribution in [0.25, 0.3) is 0 Å². The molecule has 1 aliphatic carbocycles. The summed E-state index contributed by atoms with van der Waals surface area (Å²) in [7, 11) is 0. The number of rotatable bonds is 12. The summed E-state index contributed by atoms with van der Waals surface area (Å²) < 4.78 is 0. The van der Waals surface area contributed by atoms with Crippen molar-refractivity contribution >= 4 is 0 Å². The van der Waals surface area contributed by atoms with Gasteiger partial charge in [-0.25, -0.2) is 0 Å². The molecule has 2 nitrogen and oxygen atoms in total. The zero-order valence-electron chi connectivity index (χ0n) is 15.6. The summed E-state index contributed by atoms with van der Waals surface area (Å²) in [5, 5.41) is 22.8. The third kappa shape index (κ3) is 3.70.